The highest BCUT2D eigenvalue weighted by Crippen LogP contribution is 2.42. The largest absolute Gasteiger partial charge is 0.439 e. The van der Waals surface area contributed by atoms with Crippen molar-refractivity contribution in [3.05, 3.63) is 75.1 Å². The van der Waals surface area contributed by atoms with Gasteiger partial charge in [-0.3, -0.25) is 19.4 Å². The molecule has 3 aliphatic heterocycles. The lowest BCUT2D eigenvalue weighted by molar-refractivity contribution is -0.136. The van der Waals surface area contributed by atoms with Crippen LogP contribution in [0.4, 0.5) is 5.69 Å². The quantitative estimate of drug-likeness (QED) is 0.211. The fourth-order valence-electron chi connectivity index (χ4n) is 8.03. The number of carbonyl (C=O) groups excluding carboxylic acids is 2. The van der Waals surface area contributed by atoms with Gasteiger partial charge in [-0.25, -0.2) is 9.97 Å². The van der Waals surface area contributed by atoms with E-state index in [1.807, 2.05) is 46.8 Å². The molecule has 13 heteroatoms. The molecule has 4 aromatic rings. The van der Waals surface area contributed by atoms with Crippen molar-refractivity contribution in [3.8, 4) is 22.6 Å². The third-order valence-electron chi connectivity index (χ3n) is 11.0. The van der Waals surface area contributed by atoms with Crippen molar-refractivity contribution >= 4 is 40.7 Å². The molecule has 0 bridgehead atoms. The predicted molar refractivity (Wildman–Crippen MR) is 195 cm³/mol. The lowest BCUT2D eigenvalue weighted by atomic mass is 9.87. The van der Waals surface area contributed by atoms with Crippen LogP contribution in [0, 0.1) is 5.92 Å². The number of oxazole rings is 1. The van der Waals surface area contributed by atoms with E-state index in [1.165, 1.54) is 38.5 Å². The molecule has 2 aromatic carbocycles. The number of halogens is 2. The molecule has 0 atom stereocenters. The Morgan fingerprint density at radius 1 is 0.922 bits per heavy atom. The summed E-state index contributed by atoms with van der Waals surface area (Å²) in [7, 11) is 1.91. The highest BCUT2D eigenvalue weighted by Gasteiger charge is 2.33. The molecule has 8 rings (SSSR count). The Kier molecular flexibility index (Phi) is 9.67. The van der Waals surface area contributed by atoms with Crippen LogP contribution >= 0.6 is 23.2 Å². The van der Waals surface area contributed by atoms with Crippen molar-refractivity contribution in [2.45, 2.75) is 70.7 Å². The number of anilines is 1. The van der Waals surface area contributed by atoms with Gasteiger partial charge in [0.2, 0.25) is 11.8 Å². The van der Waals surface area contributed by atoms with Crippen LogP contribution in [-0.2, 0) is 37.9 Å². The number of benzene rings is 2. The van der Waals surface area contributed by atoms with E-state index in [0.717, 1.165) is 43.4 Å². The number of nitrogens with zero attached hydrogens (tertiary/aromatic N) is 6. The van der Waals surface area contributed by atoms with Crippen LogP contribution in [0.5, 0.6) is 0 Å². The molecular weight excluding hydrogens is 689 g/mol. The number of hydrogen-bond donors (Lipinski definition) is 2. The SMILES string of the molecule is Cn1c(C(=O)Nc2cccc(-c3cccc(-c4nc5c(o4)CN(C(=O)CN4CC(O)C4)C5)c3Cl)c2Cl)nc2c1CCN(CCC1CCCCC1)C2. The number of likely N-dealkylation sites (tertiary alicyclic amines) is 1. The molecule has 0 radical (unpaired) electrons. The smallest absolute Gasteiger partial charge is 0.291 e. The molecule has 0 spiro atoms. The number of aliphatic hydroxyl groups is 1. The topological polar surface area (TPSA) is 120 Å². The Bertz CT molecular complexity index is 1940. The normalized spacial score (nSPS) is 18.5. The molecule has 11 nitrogen and oxygen atoms in total. The van der Waals surface area contributed by atoms with Crippen LogP contribution in [0.2, 0.25) is 10.0 Å². The van der Waals surface area contributed by atoms with E-state index >= 15 is 0 Å². The minimum atomic E-state index is -0.351. The van der Waals surface area contributed by atoms with E-state index in [-0.39, 0.29) is 24.5 Å². The third-order valence-corrected chi connectivity index (χ3v) is 11.8. The van der Waals surface area contributed by atoms with Crippen LogP contribution in [-0.4, -0.2) is 85.0 Å². The van der Waals surface area contributed by atoms with Crippen molar-refractivity contribution in [3.63, 3.8) is 0 Å². The van der Waals surface area contributed by atoms with Crippen LogP contribution in [0.15, 0.2) is 40.8 Å². The van der Waals surface area contributed by atoms with Gasteiger partial charge in [-0.1, -0.05) is 79.6 Å². The van der Waals surface area contributed by atoms with Gasteiger partial charge in [0.15, 0.2) is 5.82 Å². The van der Waals surface area contributed by atoms with Gasteiger partial charge in [0, 0.05) is 56.5 Å². The number of fused-ring (bicyclic) bond motifs is 2. The van der Waals surface area contributed by atoms with Gasteiger partial charge >= 0.3 is 0 Å². The summed E-state index contributed by atoms with van der Waals surface area (Å²) >= 11 is 14.0. The van der Waals surface area contributed by atoms with Gasteiger partial charge < -0.3 is 24.3 Å². The maximum atomic E-state index is 13.6. The highest BCUT2D eigenvalue weighted by molar-refractivity contribution is 6.39. The number of nitrogens with one attached hydrogen (secondary N) is 1. The lowest BCUT2D eigenvalue weighted by Gasteiger charge is -2.35. The van der Waals surface area contributed by atoms with Gasteiger partial charge in [0.1, 0.15) is 11.5 Å². The summed E-state index contributed by atoms with van der Waals surface area (Å²) in [6.07, 6.45) is 8.57. The first-order chi connectivity index (χ1) is 24.7. The number of aromatic nitrogens is 3. The number of amides is 2. The molecule has 5 heterocycles. The van der Waals surface area contributed by atoms with Gasteiger partial charge in [0.25, 0.3) is 5.91 Å². The van der Waals surface area contributed by atoms with E-state index < -0.39 is 0 Å². The molecule has 1 saturated heterocycles. The predicted octanol–water partition coefficient (Wildman–Crippen LogP) is 6.15. The average Bonchev–Trinajstić information content (AvgIpc) is 3.80. The number of imidazole rings is 1. The first kappa shape index (κ1) is 34.4. The Morgan fingerprint density at radius 2 is 1.67 bits per heavy atom. The number of rotatable bonds is 9. The molecule has 51 heavy (non-hydrogen) atoms. The van der Waals surface area contributed by atoms with Crippen LogP contribution in [0.25, 0.3) is 22.6 Å². The minimum absolute atomic E-state index is 0.0208. The first-order valence-corrected chi connectivity index (χ1v) is 18.8. The number of carbonyl (C=O) groups is 2. The standard InChI is InChI=1S/C38H43Cl2N7O4/c1-44-31-14-16-45(15-13-23-7-3-2-4-8-23)19-29(31)41-36(44)37(50)42-28-12-6-10-26(35(28)40)25-9-5-11-27(34(25)39)38-43-30-20-47(21-32(30)51-38)33(49)22-46-17-24(48)18-46/h5-6,9-12,23-24,48H,2-4,7-8,13-22H2,1H3,(H,42,50). The molecule has 1 saturated carbocycles. The highest BCUT2D eigenvalue weighted by atomic mass is 35.5. The second kappa shape index (κ2) is 14.4. The number of β-amino-alcohol motifs (C(OH)–C–C–N with tert-alkyl or cyclic N) is 1. The molecule has 2 fully saturated rings. The summed E-state index contributed by atoms with van der Waals surface area (Å²) in [5.41, 5.74) is 5.18. The lowest BCUT2D eigenvalue weighted by Crippen LogP contribution is -2.53. The summed E-state index contributed by atoms with van der Waals surface area (Å²) in [5, 5.41) is 13.3. The second-order valence-electron chi connectivity index (χ2n) is 14.5. The molecular formula is C38H43Cl2N7O4. The van der Waals surface area contributed by atoms with Crippen molar-refractivity contribution in [1.82, 2.24) is 29.2 Å². The van der Waals surface area contributed by atoms with Gasteiger partial charge in [-0.05, 0) is 31.0 Å². The fourth-order valence-corrected chi connectivity index (χ4v) is 8.62. The summed E-state index contributed by atoms with van der Waals surface area (Å²) < 4.78 is 8.05. The van der Waals surface area contributed by atoms with E-state index in [4.69, 9.17) is 37.6 Å². The van der Waals surface area contributed by atoms with Gasteiger partial charge in [0.05, 0.1) is 52.7 Å². The van der Waals surface area contributed by atoms with E-state index in [9.17, 15) is 14.7 Å². The number of aliphatic hydroxyl groups excluding tert-OH is 1. The monoisotopic (exact) mass is 731 g/mol. The number of hydrogen-bond acceptors (Lipinski definition) is 8. The Labute approximate surface area is 307 Å². The molecule has 268 valence electrons. The molecule has 2 amide bonds. The fraction of sp³-hybridized carbons (Fsp3) is 0.474. The average molecular weight is 733 g/mol. The summed E-state index contributed by atoms with van der Waals surface area (Å²) in [4.78, 5) is 42.0. The molecule has 2 N–H and O–H groups in total. The third kappa shape index (κ3) is 6.94. The zero-order valence-corrected chi connectivity index (χ0v) is 30.3. The summed E-state index contributed by atoms with van der Waals surface area (Å²) in [6, 6.07) is 11.0. The van der Waals surface area contributed by atoms with Crippen LogP contribution < -0.4 is 5.32 Å². The summed E-state index contributed by atoms with van der Waals surface area (Å²) in [6.45, 7) is 4.83. The summed E-state index contributed by atoms with van der Waals surface area (Å²) in [5.74, 6) is 1.88. The van der Waals surface area contributed by atoms with E-state index in [0.29, 0.717) is 81.8 Å². The van der Waals surface area contributed by atoms with Crippen LogP contribution in [0.3, 0.4) is 0 Å². The zero-order chi connectivity index (χ0) is 35.2. The second-order valence-corrected chi connectivity index (χ2v) is 15.2. The molecule has 1 aliphatic carbocycles. The molecule has 2 aromatic heterocycles. The zero-order valence-electron chi connectivity index (χ0n) is 28.8. The maximum Gasteiger partial charge on any atom is 0.291 e. The van der Waals surface area contributed by atoms with Crippen molar-refractivity contribution in [2.24, 2.45) is 13.0 Å². The van der Waals surface area contributed by atoms with Gasteiger partial charge in [-0.15, -0.1) is 0 Å². The van der Waals surface area contributed by atoms with Crippen molar-refractivity contribution in [1.29, 1.82) is 0 Å². The van der Waals surface area contributed by atoms with E-state index in [1.54, 1.807) is 11.0 Å². The minimum Gasteiger partial charge on any atom is -0.439 e. The van der Waals surface area contributed by atoms with Gasteiger partial charge in [-0.2, -0.15) is 0 Å². The Morgan fingerprint density at radius 3 is 2.43 bits per heavy atom. The van der Waals surface area contributed by atoms with Crippen molar-refractivity contribution < 1.29 is 19.1 Å². The Balaban J connectivity index is 0.947. The Hall–Kier alpha value is -3.74. The van der Waals surface area contributed by atoms with Crippen molar-refractivity contribution in [2.75, 3.05) is 38.0 Å². The molecule has 4 aliphatic rings. The van der Waals surface area contributed by atoms with Crippen LogP contribution in [0.1, 0.15) is 72.0 Å². The first-order valence-electron chi connectivity index (χ1n) is 18.0. The van der Waals surface area contributed by atoms with E-state index in [2.05, 4.69) is 10.2 Å². The maximum absolute atomic E-state index is 13.6. The molecule has 0 unspecified atom stereocenters.